The molecule has 1 aliphatic heterocycles. The number of anilines is 1. The van der Waals surface area contributed by atoms with Crippen molar-refractivity contribution in [2.24, 2.45) is 0 Å². The highest BCUT2D eigenvalue weighted by atomic mass is 16.1. The van der Waals surface area contributed by atoms with Crippen molar-refractivity contribution in [3.63, 3.8) is 0 Å². The lowest BCUT2D eigenvalue weighted by Crippen LogP contribution is -2.27. The van der Waals surface area contributed by atoms with E-state index < -0.39 is 0 Å². The number of hydrogen-bond acceptors (Lipinski definition) is 2. The number of aromatic amines is 1. The standard InChI is InChI=1S/C15H19N3O/c1-10-7-11-8-13(4-5-14(11)17-10)18-15(19)9-12-3-2-6-16-12/h4-5,7-8,12,16-17H,2-3,6,9H2,1H3,(H,18,19). The number of aromatic nitrogens is 1. The number of benzene rings is 1. The zero-order chi connectivity index (χ0) is 13.2. The number of amides is 1. The minimum Gasteiger partial charge on any atom is -0.359 e. The predicted octanol–water partition coefficient (Wildman–Crippen LogP) is 2.56. The highest BCUT2D eigenvalue weighted by molar-refractivity contribution is 5.94. The number of hydrogen-bond donors (Lipinski definition) is 3. The molecule has 1 aromatic heterocycles. The van der Waals surface area contributed by atoms with Crippen molar-refractivity contribution in [1.82, 2.24) is 10.3 Å². The van der Waals surface area contributed by atoms with Crippen LogP contribution >= 0.6 is 0 Å². The summed E-state index contributed by atoms with van der Waals surface area (Å²) in [6.07, 6.45) is 2.83. The van der Waals surface area contributed by atoms with Crippen LogP contribution in [0.3, 0.4) is 0 Å². The van der Waals surface area contributed by atoms with Crippen LogP contribution in [0, 0.1) is 6.92 Å². The molecule has 0 bridgehead atoms. The van der Waals surface area contributed by atoms with E-state index in [0.717, 1.165) is 35.2 Å². The number of carbonyl (C=O) groups excluding carboxylic acids is 1. The number of nitrogens with one attached hydrogen (secondary N) is 3. The summed E-state index contributed by atoms with van der Waals surface area (Å²) < 4.78 is 0. The van der Waals surface area contributed by atoms with Crippen molar-refractivity contribution < 1.29 is 4.79 Å². The van der Waals surface area contributed by atoms with E-state index in [4.69, 9.17) is 0 Å². The summed E-state index contributed by atoms with van der Waals surface area (Å²) in [4.78, 5) is 15.2. The Bertz CT molecular complexity index is 596. The summed E-state index contributed by atoms with van der Waals surface area (Å²) in [6, 6.07) is 8.39. The molecule has 0 aliphatic carbocycles. The SMILES string of the molecule is Cc1cc2cc(NC(=O)CC3CCCN3)ccc2[nH]1. The van der Waals surface area contributed by atoms with Gasteiger partial charge >= 0.3 is 0 Å². The third-order valence-electron chi connectivity index (χ3n) is 3.63. The number of carbonyl (C=O) groups is 1. The number of aryl methyl sites for hydroxylation is 1. The van der Waals surface area contributed by atoms with E-state index in [0.29, 0.717) is 12.5 Å². The highest BCUT2D eigenvalue weighted by Gasteiger charge is 2.17. The molecule has 4 nitrogen and oxygen atoms in total. The average Bonchev–Trinajstić information content (AvgIpc) is 2.96. The maximum atomic E-state index is 12.0. The highest BCUT2D eigenvalue weighted by Crippen LogP contribution is 2.20. The van der Waals surface area contributed by atoms with Crippen molar-refractivity contribution in [1.29, 1.82) is 0 Å². The first-order valence-electron chi connectivity index (χ1n) is 6.83. The van der Waals surface area contributed by atoms with Gasteiger partial charge in [0.25, 0.3) is 0 Å². The molecule has 1 aromatic carbocycles. The molecule has 1 saturated heterocycles. The normalized spacial score (nSPS) is 18.9. The number of fused-ring (bicyclic) bond motifs is 1. The molecule has 4 heteroatoms. The van der Waals surface area contributed by atoms with E-state index >= 15 is 0 Å². The van der Waals surface area contributed by atoms with Crippen LogP contribution in [0.4, 0.5) is 5.69 Å². The maximum absolute atomic E-state index is 12.0. The molecule has 100 valence electrons. The third kappa shape index (κ3) is 2.79. The smallest absolute Gasteiger partial charge is 0.225 e. The monoisotopic (exact) mass is 257 g/mol. The van der Waals surface area contributed by atoms with E-state index in [1.165, 1.54) is 6.42 Å². The van der Waals surface area contributed by atoms with Gasteiger partial charge in [-0.2, -0.15) is 0 Å². The fraction of sp³-hybridized carbons (Fsp3) is 0.400. The molecule has 0 spiro atoms. The van der Waals surface area contributed by atoms with Crippen LogP contribution in [-0.2, 0) is 4.79 Å². The van der Waals surface area contributed by atoms with Crippen LogP contribution in [0.1, 0.15) is 25.0 Å². The van der Waals surface area contributed by atoms with E-state index in [9.17, 15) is 4.79 Å². The molecule has 3 rings (SSSR count). The molecular weight excluding hydrogens is 238 g/mol. The van der Waals surface area contributed by atoms with Crippen LogP contribution in [0.15, 0.2) is 24.3 Å². The molecule has 1 aliphatic rings. The van der Waals surface area contributed by atoms with Crippen molar-refractivity contribution in [3.8, 4) is 0 Å². The molecule has 19 heavy (non-hydrogen) atoms. The van der Waals surface area contributed by atoms with Gasteiger partial charge < -0.3 is 15.6 Å². The lowest BCUT2D eigenvalue weighted by molar-refractivity contribution is -0.116. The van der Waals surface area contributed by atoms with Crippen molar-refractivity contribution >= 4 is 22.5 Å². The predicted molar refractivity (Wildman–Crippen MR) is 77.3 cm³/mol. The average molecular weight is 257 g/mol. The van der Waals surface area contributed by atoms with Crippen LogP contribution in [0.2, 0.25) is 0 Å². The van der Waals surface area contributed by atoms with Gasteiger partial charge in [-0.05, 0) is 50.6 Å². The van der Waals surface area contributed by atoms with E-state index in [1.54, 1.807) is 0 Å². The topological polar surface area (TPSA) is 56.9 Å². The summed E-state index contributed by atoms with van der Waals surface area (Å²) in [6.45, 7) is 3.07. The van der Waals surface area contributed by atoms with Crippen LogP contribution in [0.25, 0.3) is 10.9 Å². The quantitative estimate of drug-likeness (QED) is 0.791. The van der Waals surface area contributed by atoms with Gasteiger partial charge in [0.15, 0.2) is 0 Å². The Morgan fingerprint density at radius 3 is 3.11 bits per heavy atom. The second kappa shape index (κ2) is 5.05. The first-order chi connectivity index (χ1) is 9.20. The first kappa shape index (κ1) is 12.2. The minimum atomic E-state index is 0.0889. The molecule has 1 atom stereocenters. The van der Waals surface area contributed by atoms with Gasteiger partial charge in [0.1, 0.15) is 0 Å². The Balaban J connectivity index is 1.68. The van der Waals surface area contributed by atoms with Gasteiger partial charge in [0.05, 0.1) is 0 Å². The fourth-order valence-electron chi connectivity index (χ4n) is 2.72. The summed E-state index contributed by atoms with van der Waals surface area (Å²) in [5.41, 5.74) is 3.11. The van der Waals surface area contributed by atoms with Gasteiger partial charge in [-0.1, -0.05) is 0 Å². The molecule has 3 N–H and O–H groups in total. The zero-order valence-corrected chi connectivity index (χ0v) is 11.1. The van der Waals surface area contributed by atoms with E-state index in [1.807, 2.05) is 25.1 Å². The Labute approximate surface area is 112 Å². The maximum Gasteiger partial charge on any atom is 0.225 e. The van der Waals surface area contributed by atoms with Crippen LogP contribution < -0.4 is 10.6 Å². The van der Waals surface area contributed by atoms with E-state index in [2.05, 4.69) is 21.7 Å². The number of rotatable bonds is 3. The van der Waals surface area contributed by atoms with Crippen molar-refractivity contribution in [3.05, 3.63) is 30.0 Å². The molecule has 2 aromatic rings. The largest absolute Gasteiger partial charge is 0.359 e. The van der Waals surface area contributed by atoms with Crippen molar-refractivity contribution in [2.75, 3.05) is 11.9 Å². The van der Waals surface area contributed by atoms with Gasteiger partial charge in [0, 0.05) is 34.7 Å². The fourth-order valence-corrected chi connectivity index (χ4v) is 2.72. The molecule has 1 fully saturated rings. The lowest BCUT2D eigenvalue weighted by Gasteiger charge is -2.10. The molecular formula is C15H19N3O. The summed E-state index contributed by atoms with van der Waals surface area (Å²) in [7, 11) is 0. The molecule has 2 heterocycles. The van der Waals surface area contributed by atoms with Crippen molar-refractivity contribution in [2.45, 2.75) is 32.2 Å². The Morgan fingerprint density at radius 1 is 1.42 bits per heavy atom. The van der Waals surface area contributed by atoms with Gasteiger partial charge in [-0.25, -0.2) is 0 Å². The Kier molecular flexibility index (Phi) is 3.25. The van der Waals surface area contributed by atoms with E-state index in [-0.39, 0.29) is 5.91 Å². The third-order valence-corrected chi connectivity index (χ3v) is 3.63. The summed E-state index contributed by atoms with van der Waals surface area (Å²) in [5, 5.41) is 7.45. The summed E-state index contributed by atoms with van der Waals surface area (Å²) in [5.74, 6) is 0.0889. The second-order valence-corrected chi connectivity index (χ2v) is 5.30. The first-order valence-corrected chi connectivity index (χ1v) is 6.83. The van der Waals surface area contributed by atoms with Crippen LogP contribution in [0.5, 0.6) is 0 Å². The molecule has 1 amide bonds. The van der Waals surface area contributed by atoms with Gasteiger partial charge in [-0.3, -0.25) is 4.79 Å². The molecule has 0 radical (unpaired) electrons. The molecule has 0 saturated carbocycles. The second-order valence-electron chi connectivity index (χ2n) is 5.30. The number of H-pyrrole nitrogens is 1. The lowest BCUT2D eigenvalue weighted by atomic mass is 10.1. The Hall–Kier alpha value is -1.81. The summed E-state index contributed by atoms with van der Waals surface area (Å²) >= 11 is 0. The van der Waals surface area contributed by atoms with Gasteiger partial charge in [0.2, 0.25) is 5.91 Å². The van der Waals surface area contributed by atoms with Gasteiger partial charge in [-0.15, -0.1) is 0 Å². The minimum absolute atomic E-state index is 0.0889. The Morgan fingerprint density at radius 2 is 2.32 bits per heavy atom. The van der Waals surface area contributed by atoms with Crippen LogP contribution in [-0.4, -0.2) is 23.5 Å². The molecule has 1 unspecified atom stereocenters. The zero-order valence-electron chi connectivity index (χ0n) is 11.1.